The number of hydrogen-bond donors (Lipinski definition) is 2. The van der Waals surface area contributed by atoms with Gasteiger partial charge in [-0.2, -0.15) is 10.2 Å². The number of esters is 2. The van der Waals surface area contributed by atoms with E-state index in [-0.39, 0.29) is 12.0 Å². The number of rotatable bonds is 8. The number of aryl methyl sites for hydroxylation is 2. The molecule has 4 aromatic rings. The third-order valence-corrected chi connectivity index (χ3v) is 8.90. The average Bonchev–Trinajstić information content (AvgIpc) is 3.75. The second-order valence-electron chi connectivity index (χ2n) is 14.2. The Balaban J connectivity index is 0.000000241. The van der Waals surface area contributed by atoms with E-state index in [9.17, 15) is 14.4 Å². The summed E-state index contributed by atoms with van der Waals surface area (Å²) in [6.07, 6.45) is -0.508. The first kappa shape index (κ1) is 42.3. The van der Waals surface area contributed by atoms with Gasteiger partial charge in [-0.15, -0.1) is 0 Å². The molecule has 2 aromatic carbocycles. The largest absolute Gasteiger partial charge is 0.468 e. The summed E-state index contributed by atoms with van der Waals surface area (Å²) in [5, 5.41) is 19.4. The third kappa shape index (κ3) is 11.8. The summed E-state index contributed by atoms with van der Waals surface area (Å²) in [5.41, 5.74) is 3.57. The number of benzene rings is 2. The van der Waals surface area contributed by atoms with Crippen molar-refractivity contribution in [3.63, 3.8) is 0 Å². The average molecular weight is 761 g/mol. The molecule has 2 N–H and O–H groups in total. The van der Waals surface area contributed by atoms with Crippen LogP contribution >= 0.6 is 0 Å². The van der Waals surface area contributed by atoms with Crippen molar-refractivity contribution in [2.45, 2.75) is 65.4 Å². The predicted octanol–water partition coefficient (Wildman–Crippen LogP) is 3.64. The lowest BCUT2D eigenvalue weighted by Crippen LogP contribution is -2.59. The third-order valence-electron chi connectivity index (χ3n) is 8.90. The van der Waals surface area contributed by atoms with Crippen LogP contribution in [0.3, 0.4) is 0 Å². The molecule has 1 amide bonds. The fourth-order valence-corrected chi connectivity index (χ4v) is 6.44. The van der Waals surface area contributed by atoms with Crippen LogP contribution in [0.1, 0.15) is 43.3 Å². The van der Waals surface area contributed by atoms with Gasteiger partial charge in [0, 0.05) is 52.0 Å². The molecule has 2 aliphatic rings. The quantitative estimate of drug-likeness (QED) is 0.199. The molecular weight excluding hydrogens is 704 g/mol. The molecule has 2 aromatic heterocycles. The fraction of sp³-hybridized carbons (Fsp3) is 0.475. The number of carbonyl (C=O) groups excluding carboxylic acids is 3. The number of nitrogens with one attached hydrogen (secondary N) is 1. The second-order valence-corrected chi connectivity index (χ2v) is 14.2. The van der Waals surface area contributed by atoms with E-state index in [0.29, 0.717) is 32.7 Å². The van der Waals surface area contributed by atoms with Gasteiger partial charge in [-0.1, -0.05) is 60.7 Å². The highest BCUT2D eigenvalue weighted by atomic mass is 16.6. The van der Waals surface area contributed by atoms with Crippen LogP contribution in [0.25, 0.3) is 0 Å². The normalized spacial score (nSPS) is 16.9. The molecule has 2 aliphatic heterocycles. The molecule has 15 heteroatoms. The highest BCUT2D eigenvalue weighted by Gasteiger charge is 2.39. The molecular formula is C40H56N8O7. The summed E-state index contributed by atoms with van der Waals surface area (Å²) in [6.45, 7) is 14.1. The number of aliphatic hydroxyl groups excluding tert-OH is 1. The van der Waals surface area contributed by atoms with Gasteiger partial charge in [0.25, 0.3) is 0 Å². The Kier molecular flexibility index (Phi) is 15.2. The van der Waals surface area contributed by atoms with E-state index >= 15 is 0 Å². The summed E-state index contributed by atoms with van der Waals surface area (Å²) in [7, 11) is 3.76. The Morgan fingerprint density at radius 2 is 1.24 bits per heavy atom. The van der Waals surface area contributed by atoms with Gasteiger partial charge in [0.1, 0.15) is 23.3 Å². The Morgan fingerprint density at radius 1 is 0.745 bits per heavy atom. The van der Waals surface area contributed by atoms with Crippen LogP contribution in [-0.4, -0.2) is 126 Å². The number of methoxy groups -OCH3 is 2. The van der Waals surface area contributed by atoms with E-state index in [4.69, 9.17) is 19.3 Å². The minimum Gasteiger partial charge on any atom is -0.468 e. The van der Waals surface area contributed by atoms with Crippen LogP contribution < -0.4 is 15.1 Å². The van der Waals surface area contributed by atoms with Gasteiger partial charge in [0.05, 0.1) is 45.2 Å². The van der Waals surface area contributed by atoms with Crippen LogP contribution in [0, 0.1) is 13.8 Å². The van der Waals surface area contributed by atoms with E-state index in [1.807, 2.05) is 65.7 Å². The van der Waals surface area contributed by atoms with E-state index in [1.54, 1.807) is 20.8 Å². The molecule has 2 saturated heterocycles. The number of aromatic nitrogens is 4. The topological polar surface area (TPSA) is 157 Å². The van der Waals surface area contributed by atoms with Crippen molar-refractivity contribution in [1.29, 1.82) is 0 Å². The van der Waals surface area contributed by atoms with Crippen LogP contribution in [-0.2, 0) is 36.9 Å². The molecule has 55 heavy (non-hydrogen) atoms. The summed E-state index contributed by atoms with van der Waals surface area (Å²) in [6, 6.07) is 23.4. The monoisotopic (exact) mass is 760 g/mol. The maximum atomic E-state index is 12.7. The summed E-state index contributed by atoms with van der Waals surface area (Å²) in [5.74, 6) is 1.27. The Labute approximate surface area is 323 Å². The lowest BCUT2D eigenvalue weighted by molar-refractivity contribution is -0.147. The number of amides is 1. The minimum atomic E-state index is -0.751. The first-order valence-electron chi connectivity index (χ1n) is 18.3. The minimum absolute atomic E-state index is 0.222. The van der Waals surface area contributed by atoms with Gasteiger partial charge < -0.3 is 34.4 Å². The number of aliphatic hydroxyl groups is 1. The first-order valence-corrected chi connectivity index (χ1v) is 18.3. The van der Waals surface area contributed by atoms with E-state index in [0.717, 1.165) is 55.3 Å². The molecule has 15 nitrogen and oxygen atoms in total. The van der Waals surface area contributed by atoms with Crippen molar-refractivity contribution in [1.82, 2.24) is 29.8 Å². The molecule has 0 saturated carbocycles. The Hall–Kier alpha value is -5.41. The second kappa shape index (κ2) is 19.8. The molecule has 4 heterocycles. The molecule has 0 radical (unpaired) electrons. The maximum absolute atomic E-state index is 12.7. The van der Waals surface area contributed by atoms with Crippen LogP contribution in [0.4, 0.5) is 16.4 Å². The summed E-state index contributed by atoms with van der Waals surface area (Å²) < 4.78 is 19.3. The zero-order valence-corrected chi connectivity index (χ0v) is 33.3. The zero-order valence-electron chi connectivity index (χ0n) is 33.3. The molecule has 6 rings (SSSR count). The molecule has 0 spiro atoms. The molecule has 0 bridgehead atoms. The van der Waals surface area contributed by atoms with Gasteiger partial charge >= 0.3 is 18.0 Å². The highest BCUT2D eigenvalue weighted by molar-refractivity contribution is 5.83. The van der Waals surface area contributed by atoms with Crippen molar-refractivity contribution in [2.24, 2.45) is 0 Å². The smallest absolute Gasteiger partial charge is 0.411 e. The summed E-state index contributed by atoms with van der Waals surface area (Å²) in [4.78, 5) is 42.7. The van der Waals surface area contributed by atoms with Gasteiger partial charge in [-0.25, -0.2) is 19.0 Å². The van der Waals surface area contributed by atoms with E-state index < -0.39 is 23.7 Å². The van der Waals surface area contributed by atoms with Crippen molar-refractivity contribution >= 4 is 29.7 Å². The maximum Gasteiger partial charge on any atom is 0.411 e. The number of ether oxygens (including phenoxy) is 3. The Bertz CT molecular complexity index is 1820. The molecule has 2 fully saturated rings. The number of carbonyl (C=O) groups is 3. The van der Waals surface area contributed by atoms with Crippen molar-refractivity contribution in [3.05, 3.63) is 95.3 Å². The number of hydrogen-bond acceptors (Lipinski definition) is 12. The molecule has 0 aliphatic carbocycles. The van der Waals surface area contributed by atoms with E-state index in [1.165, 1.54) is 24.7 Å². The van der Waals surface area contributed by atoms with Crippen LogP contribution in [0.2, 0.25) is 0 Å². The first-order chi connectivity index (χ1) is 26.3. The zero-order chi connectivity index (χ0) is 40.1. The van der Waals surface area contributed by atoms with Crippen molar-refractivity contribution < 1.29 is 33.7 Å². The molecule has 298 valence electrons. The molecule has 2 atom stereocenters. The fourth-order valence-electron chi connectivity index (χ4n) is 6.44. The van der Waals surface area contributed by atoms with Crippen molar-refractivity contribution in [3.8, 4) is 0 Å². The SMILES string of the molecule is CO.COC(=O)[C@@H]1CN(c2cc(C)nn2Cc2ccccc2)CCN1.COC(=O)[C@@H]1CN(c2cc(C)nn2Cc2ccccc2)CCN1C(=O)OC(C)(C)C. The van der Waals surface area contributed by atoms with Crippen LogP contribution in [0.15, 0.2) is 72.8 Å². The van der Waals surface area contributed by atoms with Crippen molar-refractivity contribution in [2.75, 3.05) is 70.4 Å². The number of nitrogens with zero attached hydrogens (tertiary/aromatic N) is 7. The lowest BCUT2D eigenvalue weighted by atomic mass is 10.1. The lowest BCUT2D eigenvalue weighted by Gasteiger charge is -2.41. The van der Waals surface area contributed by atoms with Gasteiger partial charge in [0.2, 0.25) is 0 Å². The Morgan fingerprint density at radius 3 is 1.71 bits per heavy atom. The number of piperazine rings is 2. The van der Waals surface area contributed by atoms with Gasteiger partial charge in [-0.3, -0.25) is 9.69 Å². The summed E-state index contributed by atoms with van der Waals surface area (Å²) >= 11 is 0. The van der Waals surface area contributed by atoms with Crippen LogP contribution in [0.5, 0.6) is 0 Å². The van der Waals surface area contributed by atoms with Gasteiger partial charge in [-0.05, 0) is 45.7 Å². The highest BCUT2D eigenvalue weighted by Crippen LogP contribution is 2.24. The molecule has 0 unspecified atom stereocenters. The van der Waals surface area contributed by atoms with E-state index in [2.05, 4.69) is 55.6 Å². The predicted molar refractivity (Wildman–Crippen MR) is 210 cm³/mol. The standard InChI is InChI=1S/C22H30N4O4.C17H22N4O2.CH4O/c1-16-13-19(26(23-16)14-17-9-7-6-8-10-17)24-11-12-25(18(15-24)20(27)29-5)21(28)30-22(2,3)4;1-13-10-16(20-9-8-18-15(12-20)17(22)23-2)21(19-13)11-14-6-4-3-5-7-14;1-2/h6-10,13,18H,11-12,14-15H2,1-5H3;3-7,10,15,18H,8-9,11-12H2,1-2H3;2H,1H3/t18-;15-;/m00./s1. The van der Waals surface area contributed by atoms with Gasteiger partial charge in [0.15, 0.2) is 6.04 Å². The number of anilines is 2.